The molecule has 20 heavy (non-hydrogen) atoms. The first-order valence-corrected chi connectivity index (χ1v) is 7.12. The Bertz CT molecular complexity index is 492. The number of ether oxygens (including phenoxy) is 2. The minimum absolute atomic E-state index is 0.0273. The summed E-state index contributed by atoms with van der Waals surface area (Å²) in [5, 5.41) is 3.24. The van der Waals surface area contributed by atoms with Crippen molar-refractivity contribution in [3.63, 3.8) is 0 Å². The van der Waals surface area contributed by atoms with E-state index < -0.39 is 6.10 Å². The fourth-order valence-corrected chi connectivity index (χ4v) is 2.76. The standard InChI is InChI=1S/C15H20N2O3/c1-16-11-5-4-8-17(9-11)15(18)14-10-19-12-6-2-3-7-13(12)20-14/h2-3,6-7,11,14,16H,4-5,8-10H2,1H3/t11-,14+/m0/s1. The lowest BCUT2D eigenvalue weighted by Crippen LogP contribution is -2.53. The number of rotatable bonds is 2. The van der Waals surface area contributed by atoms with Crippen LogP contribution in [0.25, 0.3) is 0 Å². The summed E-state index contributed by atoms with van der Waals surface area (Å²) in [6.07, 6.45) is 1.62. The van der Waals surface area contributed by atoms with Gasteiger partial charge in [0.15, 0.2) is 11.5 Å². The average Bonchev–Trinajstić information content (AvgIpc) is 2.53. The quantitative estimate of drug-likeness (QED) is 0.877. The Morgan fingerprint density at radius 2 is 2.15 bits per heavy atom. The maximum Gasteiger partial charge on any atom is 0.267 e. The molecule has 108 valence electrons. The normalized spacial score (nSPS) is 25.4. The van der Waals surface area contributed by atoms with Gasteiger partial charge in [-0.3, -0.25) is 4.79 Å². The Kier molecular flexibility index (Phi) is 3.78. The van der Waals surface area contributed by atoms with E-state index in [0.29, 0.717) is 17.5 Å². The van der Waals surface area contributed by atoms with Gasteiger partial charge < -0.3 is 19.7 Å². The first-order chi connectivity index (χ1) is 9.78. The molecule has 1 aromatic rings. The fraction of sp³-hybridized carbons (Fsp3) is 0.533. The molecule has 0 saturated carbocycles. The van der Waals surface area contributed by atoms with Crippen LogP contribution in [0.2, 0.25) is 0 Å². The molecule has 5 heteroatoms. The highest BCUT2D eigenvalue weighted by molar-refractivity contribution is 5.82. The van der Waals surface area contributed by atoms with Crippen LogP contribution in [0.1, 0.15) is 12.8 Å². The van der Waals surface area contributed by atoms with E-state index in [1.54, 1.807) is 0 Å². The Morgan fingerprint density at radius 3 is 2.95 bits per heavy atom. The summed E-state index contributed by atoms with van der Waals surface area (Å²) in [7, 11) is 1.94. The number of benzene rings is 1. The largest absolute Gasteiger partial charge is 0.485 e. The third kappa shape index (κ3) is 2.58. The van der Waals surface area contributed by atoms with Crippen molar-refractivity contribution >= 4 is 5.91 Å². The molecule has 3 rings (SSSR count). The molecule has 1 saturated heterocycles. The van der Waals surface area contributed by atoms with Gasteiger partial charge in [0.2, 0.25) is 6.10 Å². The molecule has 0 spiro atoms. The van der Waals surface area contributed by atoms with Crippen molar-refractivity contribution in [1.29, 1.82) is 0 Å². The van der Waals surface area contributed by atoms with Crippen molar-refractivity contribution in [2.24, 2.45) is 0 Å². The Hall–Kier alpha value is -1.75. The summed E-state index contributed by atoms with van der Waals surface area (Å²) >= 11 is 0. The highest BCUT2D eigenvalue weighted by Crippen LogP contribution is 2.31. The molecule has 2 atom stereocenters. The van der Waals surface area contributed by atoms with Crippen molar-refractivity contribution in [2.45, 2.75) is 25.0 Å². The number of carbonyl (C=O) groups excluding carboxylic acids is 1. The van der Waals surface area contributed by atoms with Gasteiger partial charge in [0.05, 0.1) is 0 Å². The molecule has 0 bridgehead atoms. The number of hydrogen-bond acceptors (Lipinski definition) is 4. The molecule has 0 aromatic heterocycles. The third-order valence-corrected chi connectivity index (χ3v) is 3.93. The minimum atomic E-state index is -0.527. The number of amides is 1. The van der Waals surface area contributed by atoms with Crippen LogP contribution in [-0.4, -0.2) is 49.7 Å². The predicted molar refractivity (Wildman–Crippen MR) is 75.0 cm³/mol. The smallest absolute Gasteiger partial charge is 0.267 e. The van der Waals surface area contributed by atoms with E-state index >= 15 is 0 Å². The van der Waals surface area contributed by atoms with Crippen LogP contribution in [0.3, 0.4) is 0 Å². The highest BCUT2D eigenvalue weighted by Gasteiger charge is 2.33. The fourth-order valence-electron chi connectivity index (χ4n) is 2.76. The molecule has 2 aliphatic heterocycles. The topological polar surface area (TPSA) is 50.8 Å². The van der Waals surface area contributed by atoms with Crippen LogP contribution in [-0.2, 0) is 4.79 Å². The van der Waals surface area contributed by atoms with Crippen LogP contribution >= 0.6 is 0 Å². The van der Waals surface area contributed by atoms with Crippen LogP contribution < -0.4 is 14.8 Å². The zero-order valence-electron chi connectivity index (χ0n) is 11.7. The predicted octanol–water partition coefficient (Wildman–Crippen LogP) is 1.04. The second kappa shape index (κ2) is 5.71. The van der Waals surface area contributed by atoms with Gasteiger partial charge in [0, 0.05) is 19.1 Å². The second-order valence-electron chi connectivity index (χ2n) is 5.28. The van der Waals surface area contributed by atoms with Gasteiger partial charge in [-0.1, -0.05) is 12.1 Å². The van der Waals surface area contributed by atoms with E-state index in [2.05, 4.69) is 5.32 Å². The van der Waals surface area contributed by atoms with Crippen LogP contribution in [0, 0.1) is 0 Å². The Labute approximate surface area is 118 Å². The van der Waals surface area contributed by atoms with Crippen molar-refractivity contribution in [3.05, 3.63) is 24.3 Å². The number of likely N-dealkylation sites (N-methyl/N-ethyl adjacent to an activating group) is 1. The van der Waals surface area contributed by atoms with E-state index in [9.17, 15) is 4.79 Å². The number of hydrogen-bond donors (Lipinski definition) is 1. The SMILES string of the molecule is CN[C@H]1CCCN(C(=O)[C@H]2COc3ccccc3O2)C1. The number of para-hydroxylation sites is 2. The van der Waals surface area contributed by atoms with Gasteiger partial charge in [0.25, 0.3) is 5.91 Å². The van der Waals surface area contributed by atoms with Crippen LogP contribution in [0.15, 0.2) is 24.3 Å². The Balaban J connectivity index is 1.67. The number of nitrogens with zero attached hydrogens (tertiary/aromatic N) is 1. The lowest BCUT2D eigenvalue weighted by atomic mass is 10.1. The van der Waals surface area contributed by atoms with Crippen molar-refractivity contribution < 1.29 is 14.3 Å². The van der Waals surface area contributed by atoms with Crippen LogP contribution in [0.5, 0.6) is 11.5 Å². The molecule has 0 radical (unpaired) electrons. The van der Waals surface area contributed by atoms with Crippen molar-refractivity contribution in [3.8, 4) is 11.5 Å². The molecule has 0 unspecified atom stereocenters. The maximum atomic E-state index is 12.5. The van der Waals surface area contributed by atoms with Gasteiger partial charge >= 0.3 is 0 Å². The molecule has 5 nitrogen and oxygen atoms in total. The lowest BCUT2D eigenvalue weighted by molar-refractivity contribution is -0.142. The molecule has 1 N–H and O–H groups in total. The number of carbonyl (C=O) groups is 1. The summed E-state index contributed by atoms with van der Waals surface area (Å²) in [4.78, 5) is 14.4. The maximum absolute atomic E-state index is 12.5. The zero-order chi connectivity index (χ0) is 13.9. The molecule has 2 aliphatic rings. The summed E-state index contributed by atoms with van der Waals surface area (Å²) < 4.78 is 11.4. The number of likely N-dealkylation sites (tertiary alicyclic amines) is 1. The molecular weight excluding hydrogens is 256 g/mol. The minimum Gasteiger partial charge on any atom is -0.485 e. The monoisotopic (exact) mass is 276 g/mol. The third-order valence-electron chi connectivity index (χ3n) is 3.93. The number of nitrogens with one attached hydrogen (secondary N) is 1. The van der Waals surface area contributed by atoms with Gasteiger partial charge in [-0.25, -0.2) is 0 Å². The summed E-state index contributed by atoms with van der Waals surface area (Å²) in [6.45, 7) is 1.84. The first kappa shape index (κ1) is 13.2. The van der Waals surface area contributed by atoms with Crippen molar-refractivity contribution in [2.75, 3.05) is 26.7 Å². The molecule has 1 amide bonds. The van der Waals surface area contributed by atoms with Gasteiger partial charge in [-0.05, 0) is 32.0 Å². The van der Waals surface area contributed by atoms with E-state index in [1.807, 2.05) is 36.2 Å². The average molecular weight is 276 g/mol. The van der Waals surface area contributed by atoms with Gasteiger partial charge in [-0.2, -0.15) is 0 Å². The lowest BCUT2D eigenvalue weighted by Gasteiger charge is -2.35. The van der Waals surface area contributed by atoms with Gasteiger partial charge in [0.1, 0.15) is 6.61 Å². The second-order valence-corrected chi connectivity index (χ2v) is 5.28. The van der Waals surface area contributed by atoms with E-state index in [1.165, 1.54) is 0 Å². The van der Waals surface area contributed by atoms with Gasteiger partial charge in [-0.15, -0.1) is 0 Å². The Morgan fingerprint density at radius 1 is 1.35 bits per heavy atom. The number of fused-ring (bicyclic) bond motifs is 1. The van der Waals surface area contributed by atoms with E-state index in [0.717, 1.165) is 25.9 Å². The molecule has 0 aliphatic carbocycles. The molecule has 1 fully saturated rings. The van der Waals surface area contributed by atoms with Crippen molar-refractivity contribution in [1.82, 2.24) is 10.2 Å². The zero-order valence-corrected chi connectivity index (χ0v) is 11.7. The van der Waals surface area contributed by atoms with E-state index in [4.69, 9.17) is 9.47 Å². The first-order valence-electron chi connectivity index (χ1n) is 7.12. The summed E-state index contributed by atoms with van der Waals surface area (Å²) in [5.41, 5.74) is 0. The van der Waals surface area contributed by atoms with E-state index in [-0.39, 0.29) is 12.5 Å². The van der Waals surface area contributed by atoms with Crippen LogP contribution in [0.4, 0.5) is 0 Å². The molecule has 2 heterocycles. The number of piperidine rings is 1. The highest BCUT2D eigenvalue weighted by atomic mass is 16.6. The molecule has 1 aromatic carbocycles. The summed E-state index contributed by atoms with van der Waals surface area (Å²) in [6, 6.07) is 7.85. The summed E-state index contributed by atoms with van der Waals surface area (Å²) in [5.74, 6) is 1.39. The molecular formula is C15H20N2O3.